The minimum Gasteiger partial charge on any atom is -0.369 e. The molecule has 3 aromatic heterocycles. The summed E-state index contributed by atoms with van der Waals surface area (Å²) in [6, 6.07) is 58.7. The molecule has 9 aromatic rings. The van der Waals surface area contributed by atoms with Crippen LogP contribution >= 0.6 is 0 Å². The third kappa shape index (κ3) is 5.69. The van der Waals surface area contributed by atoms with Crippen LogP contribution in [0.3, 0.4) is 0 Å². The normalized spacial score (nSPS) is 13.4. The lowest BCUT2D eigenvalue weighted by Gasteiger charge is -2.23. The van der Waals surface area contributed by atoms with E-state index in [0.717, 1.165) is 55.2 Å². The van der Waals surface area contributed by atoms with Crippen molar-refractivity contribution in [2.45, 2.75) is 6.23 Å². The predicted octanol–water partition coefficient (Wildman–Crippen LogP) is 10.6. The van der Waals surface area contributed by atoms with Gasteiger partial charge in [0.05, 0.1) is 33.7 Å². The number of aromatic nitrogens is 3. The van der Waals surface area contributed by atoms with E-state index in [1.54, 1.807) is 12.1 Å². The van der Waals surface area contributed by atoms with E-state index < -0.39 is 6.23 Å². The van der Waals surface area contributed by atoms with Gasteiger partial charge < -0.3 is 9.67 Å². The summed E-state index contributed by atoms with van der Waals surface area (Å²) in [6.45, 7) is 0. The lowest BCUT2D eigenvalue weighted by atomic mass is 9.97. The highest BCUT2D eigenvalue weighted by molar-refractivity contribution is 6.16. The first-order valence-electron chi connectivity index (χ1n) is 18.7. The van der Waals surface area contributed by atoms with Crippen molar-refractivity contribution in [2.75, 3.05) is 4.90 Å². The smallest absolute Gasteiger partial charge is 0.263 e. The van der Waals surface area contributed by atoms with Crippen molar-refractivity contribution in [3.05, 3.63) is 192 Å². The summed E-state index contributed by atoms with van der Waals surface area (Å²) in [7, 11) is 0. The first-order valence-corrected chi connectivity index (χ1v) is 18.7. The molecule has 0 radical (unpaired) electrons. The molecular formula is C50H30N6O2. The van der Waals surface area contributed by atoms with Crippen molar-refractivity contribution in [3.8, 4) is 62.6 Å². The molecule has 1 unspecified atom stereocenters. The van der Waals surface area contributed by atoms with E-state index in [0.29, 0.717) is 45.3 Å². The number of anilines is 1. The molecule has 8 heteroatoms. The van der Waals surface area contributed by atoms with Crippen LogP contribution in [-0.2, 0) is 0 Å². The van der Waals surface area contributed by atoms with Gasteiger partial charge in [-0.15, -0.1) is 0 Å². The maximum Gasteiger partial charge on any atom is 0.263 e. The number of rotatable bonds is 6. The van der Waals surface area contributed by atoms with Crippen LogP contribution in [0.4, 0.5) is 5.69 Å². The number of aliphatic hydroxyl groups is 1. The van der Waals surface area contributed by atoms with Gasteiger partial charge in [0.2, 0.25) is 0 Å². The monoisotopic (exact) mass is 746 g/mol. The number of benzene rings is 6. The van der Waals surface area contributed by atoms with Gasteiger partial charge >= 0.3 is 0 Å². The van der Waals surface area contributed by atoms with Crippen LogP contribution in [0.15, 0.2) is 170 Å². The largest absolute Gasteiger partial charge is 0.369 e. The lowest BCUT2D eigenvalue weighted by Crippen LogP contribution is -2.27. The second-order valence-electron chi connectivity index (χ2n) is 14.1. The number of amides is 1. The predicted molar refractivity (Wildman–Crippen MR) is 226 cm³/mol. The standard InChI is InChI=1S/C50H30N6O2/c51-29-37-14-7-17-43(53-37)33-20-22-45-41(27-33)42-28-34(44-18-8-15-38(30-52)54-44)21-23-46(42)56(45)47-19-9-16-40-48(47)50(58)55(49(40)57)39-25-35(31-10-3-1-4-11-31)24-36(26-39)32-12-5-2-6-13-32/h1-28,49,57H. The lowest BCUT2D eigenvalue weighted by molar-refractivity contribution is 0.0935. The summed E-state index contributed by atoms with van der Waals surface area (Å²) in [5.74, 6) is -0.319. The number of aliphatic hydroxyl groups excluding tert-OH is 1. The second-order valence-corrected chi connectivity index (χ2v) is 14.1. The average molecular weight is 747 g/mol. The molecule has 0 aliphatic carbocycles. The second kappa shape index (κ2) is 13.8. The Kier molecular flexibility index (Phi) is 8.19. The van der Waals surface area contributed by atoms with Crippen molar-refractivity contribution in [1.29, 1.82) is 10.5 Å². The van der Waals surface area contributed by atoms with Crippen LogP contribution in [-0.4, -0.2) is 25.5 Å². The van der Waals surface area contributed by atoms with Gasteiger partial charge in [-0.1, -0.05) is 97.1 Å². The maximum atomic E-state index is 15.0. The zero-order valence-corrected chi connectivity index (χ0v) is 30.8. The number of hydrogen-bond acceptors (Lipinski definition) is 6. The third-order valence-corrected chi connectivity index (χ3v) is 10.8. The topological polar surface area (TPSA) is 119 Å². The highest BCUT2D eigenvalue weighted by atomic mass is 16.3. The number of nitriles is 2. The summed E-state index contributed by atoms with van der Waals surface area (Å²) in [4.78, 5) is 25.6. The van der Waals surface area contributed by atoms with E-state index in [1.807, 2.05) is 152 Å². The van der Waals surface area contributed by atoms with Crippen molar-refractivity contribution >= 4 is 33.4 Å². The van der Waals surface area contributed by atoms with E-state index in [-0.39, 0.29) is 5.91 Å². The Bertz CT molecular complexity index is 3020. The molecule has 1 aliphatic heterocycles. The summed E-state index contributed by atoms with van der Waals surface area (Å²) in [5.41, 5.74) is 11.2. The summed E-state index contributed by atoms with van der Waals surface area (Å²) in [5, 5.41) is 33.0. The minimum absolute atomic E-state index is 0.317. The Labute approximate surface area is 333 Å². The molecule has 0 saturated heterocycles. The van der Waals surface area contributed by atoms with Crippen LogP contribution in [0.2, 0.25) is 0 Å². The Morgan fingerprint density at radius 2 is 1.03 bits per heavy atom. The Morgan fingerprint density at radius 1 is 0.517 bits per heavy atom. The fraction of sp³-hybridized carbons (Fsp3) is 0.0200. The Morgan fingerprint density at radius 3 is 1.55 bits per heavy atom. The molecule has 1 N–H and O–H groups in total. The maximum absolute atomic E-state index is 15.0. The van der Waals surface area contributed by atoms with Crippen molar-refractivity contribution in [3.63, 3.8) is 0 Å². The highest BCUT2D eigenvalue weighted by Crippen LogP contribution is 2.44. The number of carbonyl (C=O) groups is 1. The number of pyridine rings is 2. The summed E-state index contributed by atoms with van der Waals surface area (Å²) < 4.78 is 2.07. The molecule has 1 atom stereocenters. The molecule has 0 spiro atoms. The van der Waals surface area contributed by atoms with Gasteiger partial charge in [0.15, 0.2) is 6.23 Å². The number of fused-ring (bicyclic) bond motifs is 4. The van der Waals surface area contributed by atoms with E-state index in [1.165, 1.54) is 4.90 Å². The van der Waals surface area contributed by atoms with E-state index in [4.69, 9.17) is 0 Å². The van der Waals surface area contributed by atoms with Crippen LogP contribution in [0.1, 0.15) is 33.5 Å². The van der Waals surface area contributed by atoms with Crippen LogP contribution in [0.5, 0.6) is 0 Å². The molecular weight excluding hydrogens is 717 g/mol. The van der Waals surface area contributed by atoms with Crippen LogP contribution in [0.25, 0.3) is 72.3 Å². The van der Waals surface area contributed by atoms with Gasteiger partial charge in [-0.2, -0.15) is 10.5 Å². The molecule has 58 heavy (non-hydrogen) atoms. The molecule has 1 aliphatic rings. The highest BCUT2D eigenvalue weighted by Gasteiger charge is 2.39. The van der Waals surface area contributed by atoms with Gasteiger partial charge in [0.1, 0.15) is 23.5 Å². The zero-order valence-electron chi connectivity index (χ0n) is 30.8. The molecule has 4 heterocycles. The number of hydrogen-bond donors (Lipinski definition) is 1. The van der Waals surface area contributed by atoms with E-state index in [2.05, 4.69) is 32.7 Å². The SMILES string of the molecule is N#Cc1cccc(-c2ccc3c(c2)c2cc(-c4cccc(C#N)n4)ccc2n3-c2cccc3c2C(=O)N(c2cc(-c4ccccc4)cc(-c4ccccc4)c2)C3O)n1. The molecule has 10 rings (SSSR count). The number of carbonyl (C=O) groups excluding carboxylic acids is 1. The Balaban J connectivity index is 1.17. The molecule has 8 nitrogen and oxygen atoms in total. The first-order chi connectivity index (χ1) is 28.5. The molecule has 0 saturated carbocycles. The minimum atomic E-state index is -1.24. The van der Waals surface area contributed by atoms with Crippen LogP contribution in [0, 0.1) is 22.7 Å². The van der Waals surface area contributed by atoms with Crippen molar-refractivity contribution in [2.24, 2.45) is 0 Å². The molecule has 272 valence electrons. The third-order valence-electron chi connectivity index (χ3n) is 10.8. The van der Waals surface area contributed by atoms with Crippen LogP contribution < -0.4 is 4.90 Å². The fourth-order valence-corrected chi connectivity index (χ4v) is 8.08. The summed E-state index contributed by atoms with van der Waals surface area (Å²) >= 11 is 0. The van der Waals surface area contributed by atoms with Gasteiger partial charge in [-0.25, -0.2) is 9.97 Å². The van der Waals surface area contributed by atoms with Gasteiger partial charge in [0, 0.05) is 33.2 Å². The van der Waals surface area contributed by atoms with Gasteiger partial charge in [-0.05, 0) is 95.1 Å². The zero-order chi connectivity index (χ0) is 39.3. The molecule has 6 aromatic carbocycles. The van der Waals surface area contributed by atoms with E-state index in [9.17, 15) is 20.4 Å². The Hall–Kier alpha value is -8.17. The van der Waals surface area contributed by atoms with Gasteiger partial charge in [0.25, 0.3) is 5.91 Å². The quantitative estimate of drug-likeness (QED) is 0.181. The fourth-order valence-electron chi connectivity index (χ4n) is 8.08. The first kappa shape index (κ1) is 34.3. The molecule has 0 bridgehead atoms. The van der Waals surface area contributed by atoms with E-state index >= 15 is 0 Å². The van der Waals surface area contributed by atoms with Crippen molar-refractivity contribution in [1.82, 2.24) is 14.5 Å². The molecule has 1 amide bonds. The molecule has 0 fully saturated rings. The number of nitrogens with zero attached hydrogens (tertiary/aromatic N) is 6. The van der Waals surface area contributed by atoms with Crippen molar-refractivity contribution < 1.29 is 9.90 Å². The average Bonchev–Trinajstić information content (AvgIpc) is 3.75. The summed E-state index contributed by atoms with van der Waals surface area (Å²) in [6.07, 6.45) is -1.24. The van der Waals surface area contributed by atoms with Gasteiger partial charge in [-0.3, -0.25) is 9.69 Å².